The first-order valence-electron chi connectivity index (χ1n) is 9.46. The van der Waals surface area contributed by atoms with Gasteiger partial charge >= 0.3 is 0 Å². The monoisotopic (exact) mass is 401 g/mol. The fourth-order valence-corrected chi connectivity index (χ4v) is 3.52. The Morgan fingerprint density at radius 3 is 2.67 bits per heavy atom. The number of hydrogen-bond acceptors (Lipinski definition) is 5. The Morgan fingerprint density at radius 2 is 2.00 bits per heavy atom. The van der Waals surface area contributed by atoms with Crippen LogP contribution in [-0.4, -0.2) is 25.6 Å². The van der Waals surface area contributed by atoms with E-state index in [0.29, 0.717) is 35.9 Å². The molecule has 4 aromatic rings. The summed E-state index contributed by atoms with van der Waals surface area (Å²) in [7, 11) is 0. The van der Waals surface area contributed by atoms with Crippen molar-refractivity contribution in [1.29, 1.82) is 5.26 Å². The topological polar surface area (TPSA) is 98.9 Å². The standard InChI is InChI=1S/C22H19N5O3/c1-3-30-22-24-19-5-4-6-20(27(28)29)21(19)26(22)14-16-7-9-17(10-8-16)25-13-15(2)11-18(25)12-23/h4-11,13H,3,14H2,1-2H3. The second-order valence-electron chi connectivity index (χ2n) is 6.87. The molecule has 0 unspecified atom stereocenters. The van der Waals surface area contributed by atoms with E-state index in [-0.39, 0.29) is 5.69 Å². The first-order chi connectivity index (χ1) is 14.5. The van der Waals surface area contributed by atoms with Crippen molar-refractivity contribution in [3.05, 3.63) is 81.7 Å². The van der Waals surface area contributed by atoms with Crippen LogP contribution < -0.4 is 4.74 Å². The van der Waals surface area contributed by atoms with Crippen LogP contribution in [0.25, 0.3) is 16.7 Å². The maximum atomic E-state index is 11.5. The first kappa shape index (κ1) is 19.2. The van der Waals surface area contributed by atoms with E-state index in [1.54, 1.807) is 16.7 Å². The molecule has 4 rings (SSSR count). The quantitative estimate of drug-likeness (QED) is 0.353. The largest absolute Gasteiger partial charge is 0.465 e. The van der Waals surface area contributed by atoms with Gasteiger partial charge in [0.2, 0.25) is 0 Å². The molecule has 2 aromatic heterocycles. The van der Waals surface area contributed by atoms with E-state index in [0.717, 1.165) is 16.8 Å². The number of non-ortho nitro benzene ring substituents is 1. The Bertz CT molecular complexity index is 1280. The molecule has 0 amide bonds. The molecule has 0 aliphatic carbocycles. The van der Waals surface area contributed by atoms with Gasteiger partial charge in [-0.2, -0.15) is 10.2 Å². The number of nitro benzene ring substituents is 1. The number of nitro groups is 1. The predicted molar refractivity (Wildman–Crippen MR) is 112 cm³/mol. The van der Waals surface area contributed by atoms with E-state index in [2.05, 4.69) is 11.1 Å². The third-order valence-electron chi connectivity index (χ3n) is 4.81. The Morgan fingerprint density at radius 1 is 1.23 bits per heavy atom. The van der Waals surface area contributed by atoms with Crippen molar-refractivity contribution in [3.63, 3.8) is 0 Å². The molecule has 2 heterocycles. The van der Waals surface area contributed by atoms with Gasteiger partial charge < -0.3 is 9.30 Å². The molecule has 30 heavy (non-hydrogen) atoms. The van der Waals surface area contributed by atoms with Crippen molar-refractivity contribution >= 4 is 16.7 Å². The van der Waals surface area contributed by atoms with Crippen LogP contribution >= 0.6 is 0 Å². The minimum Gasteiger partial charge on any atom is -0.465 e. The van der Waals surface area contributed by atoms with Crippen LogP contribution in [0.5, 0.6) is 6.01 Å². The lowest BCUT2D eigenvalue weighted by molar-refractivity contribution is -0.383. The molecule has 150 valence electrons. The molecular weight excluding hydrogens is 382 g/mol. The fourth-order valence-electron chi connectivity index (χ4n) is 3.52. The van der Waals surface area contributed by atoms with E-state index in [4.69, 9.17) is 4.74 Å². The molecule has 0 aliphatic heterocycles. The zero-order chi connectivity index (χ0) is 21.3. The van der Waals surface area contributed by atoms with Gasteiger partial charge in [0.05, 0.1) is 23.6 Å². The van der Waals surface area contributed by atoms with Gasteiger partial charge in [-0.1, -0.05) is 18.2 Å². The lowest BCUT2D eigenvalue weighted by atomic mass is 10.2. The Labute approximate surface area is 172 Å². The fraction of sp³-hybridized carbons (Fsp3) is 0.182. The predicted octanol–water partition coefficient (Wildman–Crippen LogP) is 4.36. The van der Waals surface area contributed by atoms with Gasteiger partial charge in [-0.05, 0) is 49.2 Å². The minimum absolute atomic E-state index is 0.0101. The molecule has 0 radical (unpaired) electrons. The van der Waals surface area contributed by atoms with Crippen molar-refractivity contribution < 1.29 is 9.66 Å². The normalized spacial score (nSPS) is 10.8. The molecule has 0 spiro atoms. The highest BCUT2D eigenvalue weighted by molar-refractivity contribution is 5.86. The summed E-state index contributed by atoms with van der Waals surface area (Å²) in [4.78, 5) is 15.6. The lowest BCUT2D eigenvalue weighted by Gasteiger charge is -2.11. The Hall–Kier alpha value is -4.12. The minimum atomic E-state index is -0.406. The Kier molecular flexibility index (Phi) is 4.94. The van der Waals surface area contributed by atoms with Gasteiger partial charge in [-0.15, -0.1) is 0 Å². The zero-order valence-corrected chi connectivity index (χ0v) is 16.6. The lowest BCUT2D eigenvalue weighted by Crippen LogP contribution is -2.06. The summed E-state index contributed by atoms with van der Waals surface area (Å²) in [6, 6.07) is 16.9. The van der Waals surface area contributed by atoms with Gasteiger partial charge in [-0.3, -0.25) is 14.7 Å². The maximum Gasteiger partial charge on any atom is 0.297 e. The molecule has 8 nitrogen and oxygen atoms in total. The number of nitrogens with zero attached hydrogens (tertiary/aromatic N) is 5. The molecule has 0 bridgehead atoms. The number of para-hydroxylation sites is 1. The summed E-state index contributed by atoms with van der Waals surface area (Å²) in [6.45, 7) is 4.56. The van der Waals surface area contributed by atoms with Crippen molar-refractivity contribution in [2.75, 3.05) is 6.61 Å². The summed E-state index contributed by atoms with van der Waals surface area (Å²) in [5.74, 6) is 0. The number of benzene rings is 2. The molecule has 0 saturated carbocycles. The number of aryl methyl sites for hydroxylation is 1. The van der Waals surface area contributed by atoms with E-state index in [1.165, 1.54) is 6.07 Å². The summed E-state index contributed by atoms with van der Waals surface area (Å²) in [5.41, 5.74) is 4.32. The number of imidazole rings is 1. The molecule has 0 fully saturated rings. The summed E-state index contributed by atoms with van der Waals surface area (Å²) >= 11 is 0. The highest BCUT2D eigenvalue weighted by Gasteiger charge is 2.21. The van der Waals surface area contributed by atoms with Crippen molar-refractivity contribution in [2.45, 2.75) is 20.4 Å². The second kappa shape index (κ2) is 7.72. The number of rotatable bonds is 6. The van der Waals surface area contributed by atoms with Crippen LogP contribution in [0.15, 0.2) is 54.7 Å². The van der Waals surface area contributed by atoms with Crippen LogP contribution in [0, 0.1) is 28.4 Å². The van der Waals surface area contributed by atoms with E-state index >= 15 is 0 Å². The number of nitriles is 1. The van der Waals surface area contributed by atoms with E-state index < -0.39 is 4.92 Å². The average Bonchev–Trinajstić information content (AvgIpc) is 3.29. The third-order valence-corrected chi connectivity index (χ3v) is 4.81. The highest BCUT2D eigenvalue weighted by atomic mass is 16.6. The summed E-state index contributed by atoms with van der Waals surface area (Å²) < 4.78 is 9.21. The first-order valence-corrected chi connectivity index (χ1v) is 9.46. The van der Waals surface area contributed by atoms with Crippen LogP contribution in [0.2, 0.25) is 0 Å². The smallest absolute Gasteiger partial charge is 0.297 e. The molecule has 0 aliphatic rings. The van der Waals surface area contributed by atoms with Gasteiger partial charge in [0.1, 0.15) is 11.8 Å². The number of hydrogen-bond donors (Lipinski definition) is 0. The van der Waals surface area contributed by atoms with Crippen LogP contribution in [0.4, 0.5) is 5.69 Å². The second-order valence-corrected chi connectivity index (χ2v) is 6.87. The number of fused-ring (bicyclic) bond motifs is 1. The van der Waals surface area contributed by atoms with E-state index in [1.807, 2.05) is 54.9 Å². The maximum absolute atomic E-state index is 11.5. The SMILES string of the molecule is CCOc1nc2cccc([N+](=O)[O-])c2n1Cc1ccc(-n2cc(C)cc2C#N)cc1. The molecule has 0 N–H and O–H groups in total. The summed E-state index contributed by atoms with van der Waals surface area (Å²) in [6.07, 6.45) is 1.91. The molecule has 0 saturated heterocycles. The Balaban J connectivity index is 1.74. The number of ether oxygens (including phenoxy) is 1. The number of aromatic nitrogens is 3. The van der Waals surface area contributed by atoms with Gasteiger partial charge in [0, 0.05) is 18.0 Å². The average molecular weight is 401 g/mol. The van der Waals surface area contributed by atoms with E-state index in [9.17, 15) is 15.4 Å². The van der Waals surface area contributed by atoms with Gasteiger partial charge in [-0.25, -0.2) is 0 Å². The highest BCUT2D eigenvalue weighted by Crippen LogP contribution is 2.30. The third kappa shape index (κ3) is 3.37. The molecule has 8 heteroatoms. The van der Waals surface area contributed by atoms with Gasteiger partial charge in [0.25, 0.3) is 11.7 Å². The van der Waals surface area contributed by atoms with Crippen molar-refractivity contribution in [1.82, 2.24) is 14.1 Å². The van der Waals surface area contributed by atoms with Crippen LogP contribution in [0.1, 0.15) is 23.7 Å². The van der Waals surface area contributed by atoms with Crippen LogP contribution in [0.3, 0.4) is 0 Å². The molecular formula is C22H19N5O3. The van der Waals surface area contributed by atoms with Crippen molar-refractivity contribution in [3.8, 4) is 17.8 Å². The summed E-state index contributed by atoms with van der Waals surface area (Å²) in [5, 5.41) is 20.9. The van der Waals surface area contributed by atoms with Crippen molar-refractivity contribution in [2.24, 2.45) is 0 Å². The van der Waals surface area contributed by atoms with Crippen LogP contribution in [-0.2, 0) is 6.54 Å². The molecule has 0 atom stereocenters. The zero-order valence-electron chi connectivity index (χ0n) is 16.6. The molecule has 2 aromatic carbocycles. The van der Waals surface area contributed by atoms with Gasteiger partial charge in [0.15, 0.2) is 5.52 Å².